The van der Waals surface area contributed by atoms with Gasteiger partial charge in [-0.25, -0.2) is 0 Å². The Morgan fingerprint density at radius 3 is 2.33 bits per heavy atom. The number of hydrogen-bond acceptors (Lipinski definition) is 4. The zero-order chi connectivity index (χ0) is 23.8. The van der Waals surface area contributed by atoms with E-state index in [1.54, 1.807) is 24.3 Å². The van der Waals surface area contributed by atoms with Crippen molar-refractivity contribution in [3.8, 4) is 0 Å². The fraction of sp³-hybridized carbons (Fsp3) is 0.444. The average molecular weight is 450 g/mol. The Morgan fingerprint density at radius 1 is 1.00 bits per heavy atom. The van der Waals surface area contributed by atoms with Crippen molar-refractivity contribution >= 4 is 23.3 Å². The summed E-state index contributed by atoms with van der Waals surface area (Å²) in [4.78, 5) is 39.5. The Balaban J connectivity index is 1.47. The summed E-state index contributed by atoms with van der Waals surface area (Å²) in [5, 5.41) is 5.63. The molecule has 0 aromatic heterocycles. The number of likely N-dealkylation sites (tertiary alicyclic amines) is 1. The number of carbonyl (C=O) groups excluding carboxylic acids is 3. The fourth-order valence-corrected chi connectivity index (χ4v) is 4.27. The molecule has 6 nitrogen and oxygen atoms in total. The highest BCUT2D eigenvalue weighted by atomic mass is 16.2. The van der Waals surface area contributed by atoms with E-state index in [0.29, 0.717) is 36.8 Å². The monoisotopic (exact) mass is 449 g/mol. The van der Waals surface area contributed by atoms with Crippen LogP contribution in [-0.4, -0.2) is 48.7 Å². The lowest BCUT2D eigenvalue weighted by Crippen LogP contribution is -2.40. The lowest BCUT2D eigenvalue weighted by atomic mass is 9.88. The maximum absolute atomic E-state index is 12.9. The molecule has 0 bridgehead atoms. The number of nitrogens with one attached hydrogen (secondary N) is 2. The van der Waals surface area contributed by atoms with Crippen molar-refractivity contribution in [1.29, 1.82) is 0 Å². The van der Waals surface area contributed by atoms with Gasteiger partial charge in [-0.1, -0.05) is 44.2 Å². The van der Waals surface area contributed by atoms with E-state index in [2.05, 4.69) is 41.5 Å². The van der Waals surface area contributed by atoms with Crippen LogP contribution in [-0.2, 0) is 11.2 Å². The molecule has 2 N–H and O–H groups in total. The molecule has 2 aromatic carbocycles. The van der Waals surface area contributed by atoms with Gasteiger partial charge in [0.1, 0.15) is 0 Å². The van der Waals surface area contributed by atoms with Gasteiger partial charge in [-0.05, 0) is 69.0 Å². The van der Waals surface area contributed by atoms with Crippen LogP contribution in [0.15, 0.2) is 48.5 Å². The zero-order valence-electron chi connectivity index (χ0n) is 19.9. The van der Waals surface area contributed by atoms with Gasteiger partial charge in [0.15, 0.2) is 5.78 Å². The van der Waals surface area contributed by atoms with E-state index in [1.807, 2.05) is 19.1 Å². The molecule has 1 saturated heterocycles. The highest BCUT2D eigenvalue weighted by molar-refractivity contribution is 5.98. The molecule has 2 amide bonds. The minimum absolute atomic E-state index is 0.00835. The minimum Gasteiger partial charge on any atom is -0.352 e. The van der Waals surface area contributed by atoms with E-state index < -0.39 is 0 Å². The Kier molecular flexibility index (Phi) is 8.78. The molecular weight excluding hydrogens is 414 g/mol. The summed E-state index contributed by atoms with van der Waals surface area (Å²) in [5.41, 5.74) is 3.17. The van der Waals surface area contributed by atoms with Gasteiger partial charge in [-0.2, -0.15) is 0 Å². The van der Waals surface area contributed by atoms with Gasteiger partial charge in [0.05, 0.1) is 6.54 Å². The molecule has 0 radical (unpaired) electrons. The van der Waals surface area contributed by atoms with Crippen molar-refractivity contribution in [2.45, 2.75) is 40.0 Å². The molecule has 33 heavy (non-hydrogen) atoms. The van der Waals surface area contributed by atoms with Gasteiger partial charge >= 0.3 is 0 Å². The van der Waals surface area contributed by atoms with Crippen LogP contribution in [0.4, 0.5) is 5.69 Å². The van der Waals surface area contributed by atoms with E-state index in [1.165, 1.54) is 5.56 Å². The first-order valence-corrected chi connectivity index (χ1v) is 11.9. The van der Waals surface area contributed by atoms with Gasteiger partial charge in [0.25, 0.3) is 5.91 Å². The quantitative estimate of drug-likeness (QED) is 0.563. The average Bonchev–Trinajstić information content (AvgIpc) is 2.79. The second-order valence-corrected chi connectivity index (χ2v) is 9.20. The van der Waals surface area contributed by atoms with E-state index in [0.717, 1.165) is 24.8 Å². The van der Waals surface area contributed by atoms with E-state index >= 15 is 0 Å². The molecule has 176 valence electrons. The number of ketones is 1. The lowest BCUT2D eigenvalue weighted by molar-refractivity contribution is -0.117. The Bertz CT molecular complexity index is 961. The van der Waals surface area contributed by atoms with Crippen LogP contribution in [0.2, 0.25) is 0 Å². The number of anilines is 1. The van der Waals surface area contributed by atoms with Gasteiger partial charge in [0, 0.05) is 29.3 Å². The van der Waals surface area contributed by atoms with Crippen LogP contribution in [0.3, 0.4) is 0 Å². The lowest BCUT2D eigenvalue weighted by Gasteiger charge is -2.30. The number of amides is 2. The van der Waals surface area contributed by atoms with Crippen LogP contribution >= 0.6 is 0 Å². The number of Topliss-reactive ketones (excluding diaryl/α,β-unsaturated/α-hetero) is 1. The van der Waals surface area contributed by atoms with E-state index in [9.17, 15) is 14.4 Å². The normalized spacial score (nSPS) is 14.8. The largest absolute Gasteiger partial charge is 0.352 e. The summed E-state index contributed by atoms with van der Waals surface area (Å²) >= 11 is 0. The predicted molar refractivity (Wildman–Crippen MR) is 132 cm³/mol. The number of nitrogens with zero attached hydrogens (tertiary/aromatic N) is 1. The summed E-state index contributed by atoms with van der Waals surface area (Å²) in [6.45, 7) is 8.51. The number of carbonyl (C=O) groups is 3. The topological polar surface area (TPSA) is 78.5 Å². The Hall–Kier alpha value is -2.99. The Morgan fingerprint density at radius 2 is 1.70 bits per heavy atom. The minimum atomic E-state index is -0.157. The van der Waals surface area contributed by atoms with Gasteiger partial charge in [-0.15, -0.1) is 0 Å². The van der Waals surface area contributed by atoms with Crippen LogP contribution in [0.5, 0.6) is 0 Å². The van der Waals surface area contributed by atoms with Crippen molar-refractivity contribution in [2.24, 2.45) is 11.8 Å². The fourth-order valence-electron chi connectivity index (χ4n) is 4.27. The first kappa shape index (κ1) is 24.6. The predicted octanol–water partition coefficient (Wildman–Crippen LogP) is 4.17. The summed E-state index contributed by atoms with van der Waals surface area (Å²) < 4.78 is 0. The smallest absolute Gasteiger partial charge is 0.251 e. The summed E-state index contributed by atoms with van der Waals surface area (Å²) in [5.74, 6) is 0.535. The highest BCUT2D eigenvalue weighted by Gasteiger charge is 2.26. The van der Waals surface area contributed by atoms with Crippen molar-refractivity contribution < 1.29 is 14.4 Å². The van der Waals surface area contributed by atoms with Gasteiger partial charge in [0.2, 0.25) is 5.91 Å². The van der Waals surface area contributed by atoms with Crippen molar-refractivity contribution in [1.82, 2.24) is 10.2 Å². The van der Waals surface area contributed by atoms with E-state index in [4.69, 9.17) is 0 Å². The highest BCUT2D eigenvalue weighted by Crippen LogP contribution is 2.22. The molecule has 6 heteroatoms. The number of rotatable bonds is 9. The third kappa shape index (κ3) is 7.26. The second kappa shape index (κ2) is 11.8. The zero-order valence-corrected chi connectivity index (χ0v) is 19.9. The number of benzene rings is 2. The first-order valence-electron chi connectivity index (χ1n) is 11.9. The number of hydrogen-bond donors (Lipinski definition) is 2. The molecule has 1 heterocycles. The van der Waals surface area contributed by atoms with Crippen LogP contribution in [0, 0.1) is 11.8 Å². The summed E-state index contributed by atoms with van der Waals surface area (Å²) in [6, 6.07) is 15.0. The molecular formula is C27H35N3O3. The first-order chi connectivity index (χ1) is 15.9. The van der Waals surface area contributed by atoms with Crippen molar-refractivity contribution in [3.05, 3.63) is 65.2 Å². The molecule has 0 aliphatic carbocycles. The molecule has 1 aliphatic heterocycles. The SMILES string of the molecule is CCNC(=O)c1cccc(NC(=O)CN2CCC(C(=O)c3ccc(CC(C)C)cc3)CC2)c1. The molecule has 0 atom stereocenters. The third-order valence-corrected chi connectivity index (χ3v) is 5.95. The summed E-state index contributed by atoms with van der Waals surface area (Å²) in [7, 11) is 0. The van der Waals surface area contributed by atoms with Crippen LogP contribution < -0.4 is 10.6 Å². The van der Waals surface area contributed by atoms with Crippen molar-refractivity contribution in [2.75, 3.05) is 31.5 Å². The maximum Gasteiger partial charge on any atom is 0.251 e. The third-order valence-electron chi connectivity index (χ3n) is 5.95. The molecule has 0 saturated carbocycles. The van der Waals surface area contributed by atoms with Crippen LogP contribution in [0.1, 0.15) is 59.9 Å². The van der Waals surface area contributed by atoms with Crippen LogP contribution in [0.25, 0.3) is 0 Å². The Labute approximate surface area is 196 Å². The molecule has 1 aliphatic rings. The van der Waals surface area contributed by atoms with Gasteiger partial charge < -0.3 is 10.6 Å². The molecule has 0 spiro atoms. The van der Waals surface area contributed by atoms with Gasteiger partial charge in [-0.3, -0.25) is 19.3 Å². The molecule has 2 aromatic rings. The number of piperidine rings is 1. The standard InChI is InChI=1S/C27H35N3O3/c1-4-28-27(33)23-6-5-7-24(17-23)29-25(31)18-30-14-12-22(13-15-30)26(32)21-10-8-20(9-11-21)16-19(2)3/h5-11,17,19,22H,4,12-16,18H2,1-3H3,(H,28,33)(H,29,31). The molecule has 1 fully saturated rings. The maximum atomic E-state index is 12.9. The second-order valence-electron chi connectivity index (χ2n) is 9.20. The summed E-state index contributed by atoms with van der Waals surface area (Å²) in [6.07, 6.45) is 2.53. The molecule has 0 unspecified atom stereocenters. The van der Waals surface area contributed by atoms with Crippen molar-refractivity contribution in [3.63, 3.8) is 0 Å². The van der Waals surface area contributed by atoms with E-state index in [-0.39, 0.29) is 30.1 Å². The molecule has 3 rings (SSSR count).